The summed E-state index contributed by atoms with van der Waals surface area (Å²) in [6.07, 6.45) is 0.852. The molecule has 0 amide bonds. The van der Waals surface area contributed by atoms with Crippen LogP contribution in [0.4, 0.5) is 0 Å². The zero-order valence-corrected chi connectivity index (χ0v) is 9.64. The van der Waals surface area contributed by atoms with E-state index in [0.717, 1.165) is 17.5 Å². The Morgan fingerprint density at radius 3 is 2.06 bits per heavy atom. The predicted octanol–water partition coefficient (Wildman–Crippen LogP) is 1.26. The molecule has 0 saturated heterocycles. The molecule has 0 aliphatic carbocycles. The van der Waals surface area contributed by atoms with Crippen LogP contribution in [-0.4, -0.2) is 0 Å². The van der Waals surface area contributed by atoms with Crippen molar-refractivity contribution < 1.29 is 0 Å². The molecule has 0 bridgehead atoms. The fourth-order valence-electron chi connectivity index (χ4n) is 1.78. The normalized spacial score (nSPS) is 11.5. The number of rotatable bonds is 3. The van der Waals surface area contributed by atoms with Crippen molar-refractivity contribution in [2.75, 3.05) is 0 Å². The molecule has 6 N–H and O–H groups in total. The lowest BCUT2D eigenvalue weighted by molar-refractivity contribution is 0.488. The third kappa shape index (κ3) is 3.14. The van der Waals surface area contributed by atoms with Crippen LogP contribution in [0.1, 0.15) is 16.7 Å². The van der Waals surface area contributed by atoms with Gasteiger partial charge in [0.2, 0.25) is 0 Å². The summed E-state index contributed by atoms with van der Waals surface area (Å²) in [4.78, 5) is 0. The predicted molar refractivity (Wildman–Crippen MR) is 69.9 cm³/mol. The van der Waals surface area contributed by atoms with Crippen molar-refractivity contribution in [3.63, 3.8) is 0 Å². The Morgan fingerprint density at radius 2 is 1.41 bits per heavy atom. The Balaban J connectivity index is 2.23. The highest BCUT2D eigenvalue weighted by Crippen LogP contribution is 2.14. The van der Waals surface area contributed by atoms with Crippen LogP contribution in [-0.2, 0) is 12.2 Å². The quantitative estimate of drug-likeness (QED) is 0.691. The lowest BCUT2D eigenvalue weighted by atomic mass is 10.0. The van der Waals surface area contributed by atoms with Crippen molar-refractivity contribution in [2.24, 2.45) is 17.2 Å². The molecular formula is C14H17N3. The molecule has 0 spiro atoms. The van der Waals surface area contributed by atoms with Crippen molar-refractivity contribution in [3.8, 4) is 0 Å². The van der Waals surface area contributed by atoms with E-state index in [9.17, 15) is 0 Å². The number of benzene rings is 2. The lowest BCUT2D eigenvalue weighted by Gasteiger charge is -2.19. The molecule has 0 atom stereocenters. The zero-order valence-electron chi connectivity index (χ0n) is 9.64. The Hall–Kier alpha value is -1.68. The van der Waals surface area contributed by atoms with Gasteiger partial charge in [-0.25, -0.2) is 0 Å². The van der Waals surface area contributed by atoms with E-state index in [4.69, 9.17) is 17.2 Å². The van der Waals surface area contributed by atoms with Crippen LogP contribution >= 0.6 is 0 Å². The van der Waals surface area contributed by atoms with Crippen molar-refractivity contribution in [1.82, 2.24) is 0 Å². The van der Waals surface area contributed by atoms with Crippen molar-refractivity contribution in [1.29, 1.82) is 0 Å². The molecule has 0 fully saturated rings. The molecule has 3 heteroatoms. The van der Waals surface area contributed by atoms with Crippen LogP contribution in [0.2, 0.25) is 0 Å². The Morgan fingerprint density at radius 1 is 0.765 bits per heavy atom. The average Bonchev–Trinajstić information content (AvgIpc) is 2.29. The van der Waals surface area contributed by atoms with E-state index < -0.39 is 5.79 Å². The van der Waals surface area contributed by atoms with Gasteiger partial charge in [0, 0.05) is 5.56 Å². The second kappa shape index (κ2) is 4.67. The van der Waals surface area contributed by atoms with Gasteiger partial charge in [-0.1, -0.05) is 54.6 Å². The topological polar surface area (TPSA) is 78.1 Å². The van der Waals surface area contributed by atoms with Gasteiger partial charge in [0.25, 0.3) is 0 Å². The summed E-state index contributed by atoms with van der Waals surface area (Å²) in [7, 11) is 0. The molecule has 2 rings (SSSR count). The molecule has 0 radical (unpaired) electrons. The first kappa shape index (κ1) is 11.8. The van der Waals surface area contributed by atoms with E-state index in [0.29, 0.717) is 0 Å². The summed E-state index contributed by atoms with van der Waals surface area (Å²) in [6, 6.07) is 18.0. The van der Waals surface area contributed by atoms with Crippen LogP contribution in [0.15, 0.2) is 54.6 Å². The minimum Gasteiger partial charge on any atom is -0.297 e. The van der Waals surface area contributed by atoms with E-state index in [1.54, 1.807) is 0 Å². The third-order valence-electron chi connectivity index (χ3n) is 2.68. The summed E-state index contributed by atoms with van der Waals surface area (Å²) in [5, 5.41) is 0. The molecule has 3 nitrogen and oxygen atoms in total. The van der Waals surface area contributed by atoms with Gasteiger partial charge in [-0.3, -0.25) is 17.2 Å². The van der Waals surface area contributed by atoms with Crippen molar-refractivity contribution in [3.05, 3.63) is 71.3 Å². The standard InChI is InChI=1S/C14H17N3/c15-14(16,17)13-8-4-7-12(10-13)9-11-5-2-1-3-6-11/h1-8,10H,9,15-17H2. The molecule has 2 aromatic rings. The van der Waals surface area contributed by atoms with Gasteiger partial charge in [-0.05, 0) is 17.5 Å². The molecule has 0 aromatic heterocycles. The van der Waals surface area contributed by atoms with E-state index in [1.165, 1.54) is 5.56 Å². The highest BCUT2D eigenvalue weighted by atomic mass is 15.1. The second-order valence-electron chi connectivity index (χ2n) is 4.30. The van der Waals surface area contributed by atoms with Crippen molar-refractivity contribution >= 4 is 0 Å². The molecule has 0 unspecified atom stereocenters. The molecule has 0 saturated carbocycles. The van der Waals surface area contributed by atoms with Gasteiger partial charge >= 0.3 is 0 Å². The molecule has 0 aliphatic heterocycles. The number of nitrogens with two attached hydrogens (primary N) is 3. The Kier molecular flexibility index (Phi) is 3.24. The first-order valence-electron chi connectivity index (χ1n) is 5.56. The minimum atomic E-state index is -1.27. The van der Waals surface area contributed by atoms with Crippen molar-refractivity contribution in [2.45, 2.75) is 12.2 Å². The van der Waals surface area contributed by atoms with Crippen LogP contribution in [0.25, 0.3) is 0 Å². The van der Waals surface area contributed by atoms with Gasteiger partial charge in [0.1, 0.15) is 5.79 Å². The number of hydrogen-bond donors (Lipinski definition) is 3. The maximum atomic E-state index is 5.67. The molecule has 0 aliphatic rings. The maximum Gasteiger partial charge on any atom is 0.142 e. The summed E-state index contributed by atoms with van der Waals surface area (Å²) in [6.45, 7) is 0. The van der Waals surface area contributed by atoms with Crippen LogP contribution < -0.4 is 17.2 Å². The fourth-order valence-corrected chi connectivity index (χ4v) is 1.78. The smallest absolute Gasteiger partial charge is 0.142 e. The molecule has 0 heterocycles. The molecule has 88 valence electrons. The molecule has 17 heavy (non-hydrogen) atoms. The largest absolute Gasteiger partial charge is 0.297 e. The summed E-state index contributed by atoms with van der Waals surface area (Å²) >= 11 is 0. The Labute approximate surface area is 101 Å². The second-order valence-corrected chi connectivity index (χ2v) is 4.30. The van der Waals surface area contributed by atoms with E-state index in [2.05, 4.69) is 12.1 Å². The van der Waals surface area contributed by atoms with Crippen LogP contribution in [0.5, 0.6) is 0 Å². The van der Waals surface area contributed by atoms with Gasteiger partial charge in [0.05, 0.1) is 0 Å². The SMILES string of the molecule is NC(N)(N)c1cccc(Cc2ccccc2)c1. The van der Waals surface area contributed by atoms with E-state index >= 15 is 0 Å². The van der Waals surface area contributed by atoms with Gasteiger partial charge in [0.15, 0.2) is 0 Å². The number of hydrogen-bond acceptors (Lipinski definition) is 3. The van der Waals surface area contributed by atoms with Gasteiger partial charge < -0.3 is 0 Å². The first-order valence-corrected chi connectivity index (χ1v) is 5.56. The summed E-state index contributed by atoms with van der Waals surface area (Å²) < 4.78 is 0. The third-order valence-corrected chi connectivity index (χ3v) is 2.68. The van der Waals surface area contributed by atoms with E-state index in [-0.39, 0.29) is 0 Å². The van der Waals surface area contributed by atoms with Crippen LogP contribution in [0, 0.1) is 0 Å². The van der Waals surface area contributed by atoms with Gasteiger partial charge in [-0.2, -0.15) is 0 Å². The van der Waals surface area contributed by atoms with E-state index in [1.807, 2.05) is 42.5 Å². The van der Waals surface area contributed by atoms with Gasteiger partial charge in [-0.15, -0.1) is 0 Å². The minimum absolute atomic E-state index is 0.742. The average molecular weight is 227 g/mol. The van der Waals surface area contributed by atoms with Crippen LogP contribution in [0.3, 0.4) is 0 Å². The fraction of sp³-hybridized carbons (Fsp3) is 0.143. The first-order chi connectivity index (χ1) is 8.05. The highest BCUT2D eigenvalue weighted by Gasteiger charge is 2.14. The highest BCUT2D eigenvalue weighted by molar-refractivity contribution is 5.31. The monoisotopic (exact) mass is 227 g/mol. The lowest BCUT2D eigenvalue weighted by Crippen LogP contribution is -2.54. The molecular weight excluding hydrogens is 210 g/mol. The summed E-state index contributed by atoms with van der Waals surface area (Å²) in [5.74, 6) is -1.27. The Bertz CT molecular complexity index is 486. The maximum absolute atomic E-state index is 5.67. The summed E-state index contributed by atoms with van der Waals surface area (Å²) in [5.41, 5.74) is 20.2. The molecule has 2 aromatic carbocycles. The zero-order chi connectivity index (χ0) is 12.3.